The number of rotatable bonds is 7. The maximum Gasteiger partial charge on any atom is 0.176 e. The summed E-state index contributed by atoms with van der Waals surface area (Å²) in [6.07, 6.45) is 0. The molecule has 2 aromatic rings. The molecule has 0 aromatic heterocycles. The van der Waals surface area contributed by atoms with Crippen molar-refractivity contribution < 1.29 is 4.79 Å². The molecule has 0 spiro atoms. The average molecular weight is 282 g/mol. The van der Waals surface area contributed by atoms with Crippen molar-refractivity contribution in [2.75, 3.05) is 33.7 Å². The molecule has 0 atom stereocenters. The fourth-order valence-electron chi connectivity index (χ4n) is 2.09. The smallest absolute Gasteiger partial charge is 0.176 e. The number of ketones is 1. The van der Waals surface area contributed by atoms with Gasteiger partial charge in [-0.1, -0.05) is 54.6 Å². The number of carbonyl (C=O) groups is 1. The predicted octanol–water partition coefficient (Wildman–Crippen LogP) is 2.69. The van der Waals surface area contributed by atoms with Gasteiger partial charge in [-0.05, 0) is 25.2 Å². The Morgan fingerprint density at radius 3 is 2.19 bits per heavy atom. The van der Waals surface area contributed by atoms with E-state index in [1.807, 2.05) is 56.6 Å². The minimum atomic E-state index is 0.133. The Morgan fingerprint density at radius 2 is 1.57 bits per heavy atom. The summed E-state index contributed by atoms with van der Waals surface area (Å²) in [5.74, 6) is 0.133. The van der Waals surface area contributed by atoms with E-state index >= 15 is 0 Å². The monoisotopic (exact) mass is 282 g/mol. The molecule has 0 saturated carbocycles. The average Bonchev–Trinajstić information content (AvgIpc) is 2.52. The maximum absolute atomic E-state index is 12.1. The van der Waals surface area contributed by atoms with Crippen LogP contribution >= 0.6 is 0 Å². The van der Waals surface area contributed by atoms with Crippen LogP contribution in [0.15, 0.2) is 54.6 Å². The van der Waals surface area contributed by atoms with Crippen molar-refractivity contribution in [2.45, 2.75) is 0 Å². The molecule has 2 rings (SSSR count). The van der Waals surface area contributed by atoms with Gasteiger partial charge in [0.25, 0.3) is 0 Å². The molecule has 0 heterocycles. The van der Waals surface area contributed by atoms with Crippen molar-refractivity contribution in [1.29, 1.82) is 0 Å². The molecule has 0 amide bonds. The first kappa shape index (κ1) is 15.4. The summed E-state index contributed by atoms with van der Waals surface area (Å²) < 4.78 is 0. The minimum absolute atomic E-state index is 0.133. The molecule has 0 aliphatic carbocycles. The summed E-state index contributed by atoms with van der Waals surface area (Å²) in [6, 6.07) is 18.0. The summed E-state index contributed by atoms with van der Waals surface area (Å²) >= 11 is 0. The van der Waals surface area contributed by atoms with Crippen molar-refractivity contribution in [2.24, 2.45) is 0 Å². The third-order valence-electron chi connectivity index (χ3n) is 3.34. The summed E-state index contributed by atoms with van der Waals surface area (Å²) in [5.41, 5.74) is 3.06. The summed E-state index contributed by atoms with van der Waals surface area (Å²) in [6.45, 7) is 2.14. The molecule has 0 bridgehead atoms. The Hall–Kier alpha value is -1.97. The lowest BCUT2D eigenvalue weighted by Crippen LogP contribution is -2.30. The molecule has 3 heteroatoms. The number of hydrogen-bond acceptors (Lipinski definition) is 3. The maximum atomic E-state index is 12.1. The number of carbonyl (C=O) groups excluding carboxylic acids is 1. The van der Waals surface area contributed by atoms with E-state index in [0.29, 0.717) is 6.54 Å². The van der Waals surface area contributed by atoms with Crippen LogP contribution in [0.5, 0.6) is 0 Å². The van der Waals surface area contributed by atoms with Crippen molar-refractivity contribution in [3.8, 4) is 11.1 Å². The number of nitrogens with zero attached hydrogens (tertiary/aromatic N) is 1. The van der Waals surface area contributed by atoms with Gasteiger partial charge in [0, 0.05) is 18.7 Å². The number of hydrogen-bond donors (Lipinski definition) is 1. The normalized spacial score (nSPS) is 10.8. The zero-order chi connectivity index (χ0) is 15.1. The quantitative estimate of drug-likeness (QED) is 0.626. The van der Waals surface area contributed by atoms with Gasteiger partial charge in [0.2, 0.25) is 0 Å². The van der Waals surface area contributed by atoms with E-state index in [1.54, 1.807) is 0 Å². The molecule has 0 aliphatic rings. The van der Waals surface area contributed by atoms with Gasteiger partial charge in [-0.25, -0.2) is 0 Å². The van der Waals surface area contributed by atoms with Crippen LogP contribution in [0.25, 0.3) is 11.1 Å². The number of likely N-dealkylation sites (N-methyl/N-ethyl adjacent to an activating group) is 1. The second kappa shape index (κ2) is 7.72. The molecule has 110 valence electrons. The summed E-state index contributed by atoms with van der Waals surface area (Å²) in [5, 5.41) is 3.17. The van der Waals surface area contributed by atoms with Crippen molar-refractivity contribution in [3.63, 3.8) is 0 Å². The third-order valence-corrected chi connectivity index (χ3v) is 3.34. The predicted molar refractivity (Wildman–Crippen MR) is 87.6 cm³/mol. The molecule has 3 nitrogen and oxygen atoms in total. The molecule has 0 radical (unpaired) electrons. The molecule has 0 fully saturated rings. The van der Waals surface area contributed by atoms with Crippen LogP contribution in [0.2, 0.25) is 0 Å². The Balaban J connectivity index is 1.91. The highest BCUT2D eigenvalue weighted by atomic mass is 16.1. The van der Waals surface area contributed by atoms with Gasteiger partial charge in [-0.2, -0.15) is 0 Å². The molecular weight excluding hydrogens is 260 g/mol. The van der Waals surface area contributed by atoms with Crippen LogP contribution in [0, 0.1) is 0 Å². The Bertz CT molecular complexity index is 562. The van der Waals surface area contributed by atoms with E-state index in [9.17, 15) is 4.79 Å². The molecule has 1 N–H and O–H groups in total. The van der Waals surface area contributed by atoms with Crippen LogP contribution in [0.1, 0.15) is 10.4 Å². The fraction of sp³-hybridized carbons (Fsp3) is 0.278. The molecule has 2 aromatic carbocycles. The highest BCUT2D eigenvalue weighted by molar-refractivity contribution is 5.98. The van der Waals surface area contributed by atoms with Crippen molar-refractivity contribution in [1.82, 2.24) is 10.2 Å². The van der Waals surface area contributed by atoms with E-state index in [0.717, 1.165) is 24.2 Å². The summed E-state index contributed by atoms with van der Waals surface area (Å²) in [4.78, 5) is 14.2. The number of Topliss-reactive ketones (excluding diaryl/α,β-unsaturated/α-hetero) is 1. The van der Waals surface area contributed by atoms with Gasteiger partial charge in [0.15, 0.2) is 5.78 Å². The first-order valence-corrected chi connectivity index (χ1v) is 7.21. The largest absolute Gasteiger partial charge is 0.308 e. The zero-order valence-corrected chi connectivity index (χ0v) is 12.7. The molecule has 0 aliphatic heterocycles. The van der Waals surface area contributed by atoms with Gasteiger partial charge in [-0.3, -0.25) is 4.79 Å². The second-order valence-corrected chi connectivity index (χ2v) is 5.35. The molecule has 21 heavy (non-hydrogen) atoms. The van der Waals surface area contributed by atoms with Crippen LogP contribution < -0.4 is 5.32 Å². The van der Waals surface area contributed by atoms with Crippen molar-refractivity contribution >= 4 is 5.78 Å². The van der Waals surface area contributed by atoms with Crippen LogP contribution in [-0.4, -0.2) is 44.4 Å². The first-order valence-electron chi connectivity index (χ1n) is 7.21. The zero-order valence-electron chi connectivity index (χ0n) is 12.7. The lowest BCUT2D eigenvalue weighted by molar-refractivity contribution is 0.0990. The van der Waals surface area contributed by atoms with E-state index in [-0.39, 0.29) is 5.78 Å². The number of benzene rings is 2. The topological polar surface area (TPSA) is 32.3 Å². The fourth-order valence-corrected chi connectivity index (χ4v) is 2.09. The third kappa shape index (κ3) is 4.81. The van der Waals surface area contributed by atoms with E-state index in [4.69, 9.17) is 0 Å². The minimum Gasteiger partial charge on any atom is -0.308 e. The molecule has 0 saturated heterocycles. The van der Waals surface area contributed by atoms with Crippen molar-refractivity contribution in [3.05, 3.63) is 60.2 Å². The number of nitrogens with one attached hydrogen (secondary N) is 1. The lowest BCUT2D eigenvalue weighted by atomic mass is 10.0. The first-order chi connectivity index (χ1) is 10.2. The molecule has 0 unspecified atom stereocenters. The van der Waals surface area contributed by atoms with E-state index in [2.05, 4.69) is 22.3 Å². The standard InChI is InChI=1S/C18H22N2O/c1-20(2)13-12-19-14-18(21)17-10-8-16(9-11-17)15-6-4-3-5-7-15/h3-11,19H,12-14H2,1-2H3. The second-order valence-electron chi connectivity index (χ2n) is 5.35. The van der Waals surface area contributed by atoms with E-state index < -0.39 is 0 Å². The molecular formula is C18H22N2O. The van der Waals surface area contributed by atoms with Crippen LogP contribution in [0.3, 0.4) is 0 Å². The van der Waals surface area contributed by atoms with Gasteiger partial charge in [0.05, 0.1) is 6.54 Å². The van der Waals surface area contributed by atoms with Crippen LogP contribution in [0.4, 0.5) is 0 Å². The summed E-state index contributed by atoms with van der Waals surface area (Å²) in [7, 11) is 4.04. The van der Waals surface area contributed by atoms with Gasteiger partial charge in [0.1, 0.15) is 0 Å². The van der Waals surface area contributed by atoms with Gasteiger partial charge >= 0.3 is 0 Å². The Morgan fingerprint density at radius 1 is 0.952 bits per heavy atom. The van der Waals surface area contributed by atoms with E-state index in [1.165, 1.54) is 5.56 Å². The lowest BCUT2D eigenvalue weighted by Gasteiger charge is -2.10. The SMILES string of the molecule is CN(C)CCNCC(=O)c1ccc(-c2ccccc2)cc1. The van der Waals surface area contributed by atoms with Gasteiger partial charge in [-0.15, -0.1) is 0 Å². The van der Waals surface area contributed by atoms with Gasteiger partial charge < -0.3 is 10.2 Å². The van der Waals surface area contributed by atoms with Crippen LogP contribution in [-0.2, 0) is 0 Å². The highest BCUT2D eigenvalue weighted by Crippen LogP contribution is 2.19. The Labute approximate surface area is 126 Å². The highest BCUT2D eigenvalue weighted by Gasteiger charge is 2.05. The Kier molecular flexibility index (Phi) is 5.67.